The van der Waals surface area contributed by atoms with Gasteiger partial charge in [-0.15, -0.1) is 12.4 Å². The van der Waals surface area contributed by atoms with Gasteiger partial charge in [-0.25, -0.2) is 4.98 Å². The highest BCUT2D eigenvalue weighted by atomic mass is 35.5. The fourth-order valence-corrected chi connectivity index (χ4v) is 3.37. The van der Waals surface area contributed by atoms with Gasteiger partial charge in [0.2, 0.25) is 0 Å². The van der Waals surface area contributed by atoms with Gasteiger partial charge in [0.05, 0.1) is 22.1 Å². The molecule has 0 saturated heterocycles. The number of carbonyl (C=O) groups is 1. The van der Waals surface area contributed by atoms with Gasteiger partial charge >= 0.3 is 0 Å². The van der Waals surface area contributed by atoms with Gasteiger partial charge in [0.1, 0.15) is 5.82 Å². The highest BCUT2D eigenvalue weighted by molar-refractivity contribution is 7.80. The second-order valence-corrected chi connectivity index (χ2v) is 7.19. The predicted molar refractivity (Wildman–Crippen MR) is 121 cm³/mol. The van der Waals surface area contributed by atoms with E-state index < -0.39 is 0 Å². The maximum absolute atomic E-state index is 13.0. The Morgan fingerprint density at radius 2 is 1.93 bits per heavy atom. The summed E-state index contributed by atoms with van der Waals surface area (Å²) in [6.45, 7) is 2.86. The van der Waals surface area contributed by atoms with E-state index in [4.69, 9.17) is 35.4 Å². The molecule has 0 amide bonds. The number of hydrogen-bond donors (Lipinski definition) is 1. The smallest absolute Gasteiger partial charge is 0.196 e. The molecule has 2 aromatic carbocycles. The average molecular weight is 455 g/mol. The molecule has 3 aromatic rings. The first-order valence-electron chi connectivity index (χ1n) is 8.38. The lowest BCUT2D eigenvalue weighted by molar-refractivity contribution is 0.103. The number of hydrogen-bond acceptors (Lipinski definition) is 3. The summed E-state index contributed by atoms with van der Waals surface area (Å²) in [6, 6.07) is 12.0. The van der Waals surface area contributed by atoms with Crippen LogP contribution in [0.4, 0.5) is 5.69 Å². The van der Waals surface area contributed by atoms with Crippen molar-refractivity contribution in [3.05, 3.63) is 81.9 Å². The maximum atomic E-state index is 13.0. The maximum Gasteiger partial charge on any atom is 0.196 e. The molecule has 1 aromatic heterocycles. The summed E-state index contributed by atoms with van der Waals surface area (Å²) in [7, 11) is 0. The Labute approximate surface area is 185 Å². The van der Waals surface area contributed by atoms with Crippen molar-refractivity contribution in [3.63, 3.8) is 0 Å². The molecule has 4 nitrogen and oxygen atoms in total. The largest absolute Gasteiger partial charge is 0.349 e. The first-order chi connectivity index (χ1) is 13.0. The topological polar surface area (TPSA) is 46.9 Å². The molecule has 0 fully saturated rings. The van der Waals surface area contributed by atoms with E-state index in [1.165, 1.54) is 0 Å². The molecule has 8 heteroatoms. The fourth-order valence-electron chi connectivity index (χ4n) is 2.74. The summed E-state index contributed by atoms with van der Waals surface area (Å²) >= 11 is 17.8. The number of anilines is 1. The van der Waals surface area contributed by atoms with E-state index >= 15 is 0 Å². The molecule has 0 atom stereocenters. The molecule has 0 saturated carbocycles. The first-order valence-corrected chi connectivity index (χ1v) is 9.54. The molecule has 0 aliphatic heterocycles. The van der Waals surface area contributed by atoms with Crippen LogP contribution in [-0.4, -0.2) is 20.3 Å². The quantitative estimate of drug-likeness (QED) is 0.375. The number of imidazole rings is 1. The zero-order chi connectivity index (χ0) is 19.4. The molecular weight excluding hydrogens is 437 g/mol. The number of thiocarbonyl (C=S) groups is 1. The third kappa shape index (κ3) is 5.11. The highest BCUT2D eigenvalue weighted by Crippen LogP contribution is 2.26. The Morgan fingerprint density at radius 1 is 1.18 bits per heavy atom. The Morgan fingerprint density at radius 3 is 2.64 bits per heavy atom. The van der Waals surface area contributed by atoms with Gasteiger partial charge in [0, 0.05) is 35.1 Å². The molecule has 0 unspecified atom stereocenters. The molecule has 0 aliphatic rings. The van der Waals surface area contributed by atoms with Crippen LogP contribution in [0.15, 0.2) is 54.9 Å². The minimum Gasteiger partial charge on any atom is -0.349 e. The van der Waals surface area contributed by atoms with Crippen molar-refractivity contribution in [2.24, 2.45) is 0 Å². The lowest BCUT2D eigenvalue weighted by Gasteiger charge is -2.14. The van der Waals surface area contributed by atoms with Crippen LogP contribution in [-0.2, 0) is 13.0 Å². The lowest BCUT2D eigenvalue weighted by atomic mass is 10.0. The van der Waals surface area contributed by atoms with Crippen LogP contribution in [0.25, 0.3) is 0 Å². The van der Waals surface area contributed by atoms with E-state index in [0.717, 1.165) is 12.4 Å². The summed E-state index contributed by atoms with van der Waals surface area (Å²) in [5, 5.41) is 4.00. The zero-order valence-electron chi connectivity index (χ0n) is 15.0. The van der Waals surface area contributed by atoms with E-state index in [1.807, 2.05) is 17.7 Å². The van der Waals surface area contributed by atoms with Crippen molar-refractivity contribution in [1.82, 2.24) is 9.55 Å². The van der Waals surface area contributed by atoms with Crippen molar-refractivity contribution in [2.75, 3.05) is 5.32 Å². The minimum absolute atomic E-state index is 0. The third-order valence-electron chi connectivity index (χ3n) is 4.08. The van der Waals surface area contributed by atoms with Crippen molar-refractivity contribution in [3.8, 4) is 0 Å². The SMILES string of the molecule is CCn1ccnc1CC(=S)Nc1ccc(Cl)cc1C(=O)c1ccccc1Cl.Cl. The second kappa shape index (κ2) is 10.0. The summed E-state index contributed by atoms with van der Waals surface area (Å²) in [5.41, 5.74) is 1.41. The van der Waals surface area contributed by atoms with Gasteiger partial charge in [0.25, 0.3) is 0 Å². The Bertz CT molecular complexity index is 1000. The Hall–Kier alpha value is -1.92. The molecule has 0 spiro atoms. The predicted octanol–water partition coefficient (Wildman–Crippen LogP) is 5.84. The van der Waals surface area contributed by atoms with Gasteiger partial charge < -0.3 is 9.88 Å². The summed E-state index contributed by atoms with van der Waals surface area (Å²) in [6.07, 6.45) is 4.13. The fraction of sp³-hybridized carbons (Fsp3) is 0.150. The number of aryl methyl sites for hydroxylation is 1. The second-order valence-electron chi connectivity index (χ2n) is 5.85. The lowest BCUT2D eigenvalue weighted by Crippen LogP contribution is -2.17. The average Bonchev–Trinajstić information content (AvgIpc) is 3.10. The van der Waals surface area contributed by atoms with Crippen molar-refractivity contribution >= 4 is 64.3 Å². The van der Waals surface area contributed by atoms with Crippen molar-refractivity contribution in [2.45, 2.75) is 19.9 Å². The number of aromatic nitrogens is 2. The van der Waals surface area contributed by atoms with Crippen LogP contribution in [0.1, 0.15) is 28.7 Å². The van der Waals surface area contributed by atoms with E-state index in [-0.39, 0.29) is 18.2 Å². The molecule has 28 heavy (non-hydrogen) atoms. The molecule has 3 rings (SSSR count). The van der Waals surface area contributed by atoms with E-state index in [1.54, 1.807) is 48.7 Å². The summed E-state index contributed by atoms with van der Waals surface area (Å²) < 4.78 is 2.02. The van der Waals surface area contributed by atoms with Gasteiger partial charge in [-0.1, -0.05) is 47.6 Å². The van der Waals surface area contributed by atoms with Gasteiger partial charge in [-0.3, -0.25) is 4.79 Å². The molecule has 0 radical (unpaired) electrons. The van der Waals surface area contributed by atoms with E-state index in [9.17, 15) is 4.79 Å². The Kier molecular flexibility index (Phi) is 8.01. The molecule has 1 heterocycles. The molecule has 0 bridgehead atoms. The molecule has 0 aliphatic carbocycles. The van der Waals surface area contributed by atoms with Crippen molar-refractivity contribution in [1.29, 1.82) is 0 Å². The molecular formula is C20H18Cl3N3OS. The van der Waals surface area contributed by atoms with Gasteiger partial charge in [0.15, 0.2) is 5.78 Å². The van der Waals surface area contributed by atoms with E-state index in [0.29, 0.717) is 38.3 Å². The van der Waals surface area contributed by atoms with Crippen LogP contribution >= 0.6 is 47.8 Å². The van der Waals surface area contributed by atoms with Gasteiger partial charge in [-0.2, -0.15) is 0 Å². The highest BCUT2D eigenvalue weighted by Gasteiger charge is 2.18. The van der Waals surface area contributed by atoms with Crippen LogP contribution < -0.4 is 5.32 Å². The number of nitrogens with zero attached hydrogens (tertiary/aromatic N) is 2. The number of carbonyl (C=O) groups excluding carboxylic acids is 1. The normalized spacial score (nSPS) is 10.2. The third-order valence-corrected chi connectivity index (χ3v) is 4.89. The van der Waals surface area contributed by atoms with Crippen LogP contribution in [0.5, 0.6) is 0 Å². The Balaban J connectivity index is 0.00000280. The number of nitrogens with one attached hydrogen (secondary N) is 1. The van der Waals surface area contributed by atoms with E-state index in [2.05, 4.69) is 10.3 Å². The summed E-state index contributed by atoms with van der Waals surface area (Å²) in [4.78, 5) is 17.9. The first kappa shape index (κ1) is 22.4. The van der Waals surface area contributed by atoms with Crippen molar-refractivity contribution < 1.29 is 4.79 Å². The van der Waals surface area contributed by atoms with Crippen LogP contribution in [0.2, 0.25) is 10.0 Å². The molecule has 1 N–H and O–H groups in total. The van der Waals surface area contributed by atoms with Crippen LogP contribution in [0.3, 0.4) is 0 Å². The summed E-state index contributed by atoms with van der Waals surface area (Å²) in [5.74, 6) is 0.645. The monoisotopic (exact) mass is 453 g/mol. The number of benzene rings is 2. The number of halogens is 3. The standard InChI is InChI=1S/C20H17Cl2N3OS.ClH/c1-2-25-10-9-23-18(25)12-19(27)24-17-8-7-13(21)11-15(17)20(26)14-5-3-4-6-16(14)22;/h3-11H,2,12H2,1H3,(H,24,27);1H. The number of rotatable bonds is 6. The van der Waals surface area contributed by atoms with Crippen LogP contribution in [0, 0.1) is 0 Å². The minimum atomic E-state index is -0.219. The van der Waals surface area contributed by atoms with Gasteiger partial charge in [-0.05, 0) is 37.3 Å². The zero-order valence-corrected chi connectivity index (χ0v) is 18.1. The molecule has 146 valence electrons. The number of ketones is 1.